The SMILES string of the molecule is [2H]C([2H])([2H])C([2H])([2H])c1ccnc(-c2cccc3c2oc2ccccc23)c1. The Morgan fingerprint density at radius 1 is 1.10 bits per heavy atom. The van der Waals surface area contributed by atoms with Crippen LogP contribution < -0.4 is 0 Å². The number of nitrogens with zero attached hydrogens (tertiary/aromatic N) is 1. The molecule has 0 spiro atoms. The lowest BCUT2D eigenvalue weighted by molar-refractivity contribution is 0.670. The minimum absolute atomic E-state index is 0.0654. The highest BCUT2D eigenvalue weighted by molar-refractivity contribution is 6.09. The van der Waals surface area contributed by atoms with Gasteiger partial charge in [-0.2, -0.15) is 0 Å². The predicted octanol–water partition coefficient (Wildman–Crippen LogP) is 5.21. The molecule has 0 saturated carbocycles. The van der Waals surface area contributed by atoms with E-state index in [9.17, 15) is 0 Å². The van der Waals surface area contributed by atoms with E-state index in [1.54, 1.807) is 0 Å². The van der Waals surface area contributed by atoms with E-state index < -0.39 is 13.2 Å². The standard InChI is InChI=1S/C19H15NO/c1-2-13-10-11-20-17(12-13)16-8-5-7-15-14-6-3-4-9-18(14)21-19(15)16/h3-12H,2H2,1H3/i1D3,2D2. The Morgan fingerprint density at radius 3 is 2.95 bits per heavy atom. The highest BCUT2D eigenvalue weighted by Gasteiger charge is 2.12. The molecule has 102 valence electrons. The molecule has 2 heteroatoms. The lowest BCUT2D eigenvalue weighted by Gasteiger charge is -2.03. The molecule has 0 unspecified atom stereocenters. The van der Waals surface area contributed by atoms with Crippen LogP contribution in [0.4, 0.5) is 0 Å². The van der Waals surface area contributed by atoms with E-state index in [4.69, 9.17) is 11.3 Å². The van der Waals surface area contributed by atoms with E-state index in [1.165, 1.54) is 18.3 Å². The molecular formula is C19H15NO. The molecule has 0 N–H and O–H groups in total. The van der Waals surface area contributed by atoms with Gasteiger partial charge in [0.15, 0.2) is 0 Å². The van der Waals surface area contributed by atoms with Crippen molar-refractivity contribution in [1.29, 1.82) is 0 Å². The van der Waals surface area contributed by atoms with E-state index >= 15 is 0 Å². The number of hydrogen-bond donors (Lipinski definition) is 0. The first-order valence-electron chi connectivity index (χ1n) is 9.16. The third-order valence-electron chi connectivity index (χ3n) is 3.58. The van der Waals surface area contributed by atoms with Crippen LogP contribution in [-0.4, -0.2) is 4.98 Å². The van der Waals surface area contributed by atoms with E-state index in [0.29, 0.717) is 16.8 Å². The molecule has 2 aromatic heterocycles. The van der Waals surface area contributed by atoms with Gasteiger partial charge in [-0.3, -0.25) is 4.98 Å². The van der Waals surface area contributed by atoms with E-state index in [-0.39, 0.29) is 5.56 Å². The molecule has 2 heterocycles. The van der Waals surface area contributed by atoms with Crippen molar-refractivity contribution in [2.45, 2.75) is 13.2 Å². The van der Waals surface area contributed by atoms with Gasteiger partial charge < -0.3 is 4.42 Å². The van der Waals surface area contributed by atoms with Gasteiger partial charge in [0.25, 0.3) is 0 Å². The zero-order valence-electron chi connectivity index (χ0n) is 16.1. The summed E-state index contributed by atoms with van der Waals surface area (Å²) in [7, 11) is 0. The summed E-state index contributed by atoms with van der Waals surface area (Å²) in [5.41, 5.74) is 2.63. The van der Waals surface area contributed by atoms with E-state index in [0.717, 1.165) is 16.4 Å². The van der Waals surface area contributed by atoms with Crippen molar-refractivity contribution in [3.8, 4) is 11.3 Å². The molecule has 0 radical (unpaired) electrons. The molecule has 0 fully saturated rings. The highest BCUT2D eigenvalue weighted by Crippen LogP contribution is 2.34. The van der Waals surface area contributed by atoms with Gasteiger partial charge >= 0.3 is 0 Å². The van der Waals surface area contributed by atoms with Gasteiger partial charge in [-0.15, -0.1) is 0 Å². The zero-order chi connectivity index (χ0) is 18.5. The average Bonchev–Trinajstić information content (AvgIpc) is 2.99. The second-order valence-electron chi connectivity index (χ2n) is 4.84. The molecule has 0 aliphatic heterocycles. The van der Waals surface area contributed by atoms with Crippen molar-refractivity contribution < 1.29 is 11.3 Å². The van der Waals surface area contributed by atoms with Gasteiger partial charge in [-0.05, 0) is 36.2 Å². The van der Waals surface area contributed by atoms with Crippen molar-refractivity contribution in [1.82, 2.24) is 4.98 Å². The summed E-state index contributed by atoms with van der Waals surface area (Å²) < 4.78 is 44.4. The molecule has 21 heavy (non-hydrogen) atoms. The third-order valence-corrected chi connectivity index (χ3v) is 3.58. The van der Waals surface area contributed by atoms with E-state index in [1.807, 2.05) is 42.5 Å². The predicted molar refractivity (Wildman–Crippen MR) is 86.3 cm³/mol. The fourth-order valence-electron chi connectivity index (χ4n) is 2.60. The average molecular weight is 278 g/mol. The number of rotatable bonds is 2. The number of pyridine rings is 1. The lowest BCUT2D eigenvalue weighted by Crippen LogP contribution is -1.87. The van der Waals surface area contributed by atoms with Crippen molar-refractivity contribution in [2.75, 3.05) is 0 Å². The Labute approximate surface area is 130 Å². The molecule has 2 aromatic carbocycles. The number of hydrogen-bond acceptors (Lipinski definition) is 2. The number of aromatic nitrogens is 1. The van der Waals surface area contributed by atoms with Crippen LogP contribution in [0.1, 0.15) is 19.3 Å². The fourth-order valence-corrected chi connectivity index (χ4v) is 2.60. The van der Waals surface area contributed by atoms with Crippen LogP contribution in [-0.2, 0) is 6.37 Å². The van der Waals surface area contributed by atoms with Gasteiger partial charge in [0, 0.05) is 29.4 Å². The molecule has 0 bridgehead atoms. The first kappa shape index (κ1) is 7.99. The van der Waals surface area contributed by atoms with Gasteiger partial charge in [-0.1, -0.05) is 37.2 Å². The normalized spacial score (nSPS) is 16.1. The summed E-state index contributed by atoms with van der Waals surface area (Å²) in [6.07, 6.45) is -1.04. The molecule has 2 nitrogen and oxygen atoms in total. The largest absolute Gasteiger partial charge is 0.455 e. The maximum atomic E-state index is 7.98. The molecule has 4 rings (SSSR count). The zero-order valence-corrected chi connectivity index (χ0v) is 11.1. The molecule has 0 atom stereocenters. The van der Waals surface area contributed by atoms with Gasteiger partial charge in [0.05, 0.1) is 5.69 Å². The first-order valence-corrected chi connectivity index (χ1v) is 6.66. The molecule has 0 amide bonds. The van der Waals surface area contributed by atoms with Gasteiger partial charge in [-0.25, -0.2) is 0 Å². The van der Waals surface area contributed by atoms with Crippen molar-refractivity contribution in [2.24, 2.45) is 0 Å². The molecule has 0 aliphatic carbocycles. The Balaban J connectivity index is 1.93. The van der Waals surface area contributed by atoms with Crippen LogP contribution >= 0.6 is 0 Å². The monoisotopic (exact) mass is 278 g/mol. The lowest BCUT2D eigenvalue weighted by atomic mass is 10.0. The van der Waals surface area contributed by atoms with Gasteiger partial charge in [0.2, 0.25) is 0 Å². The summed E-state index contributed by atoms with van der Waals surface area (Å²) in [6.45, 7) is -2.77. The summed E-state index contributed by atoms with van der Waals surface area (Å²) in [4.78, 5) is 4.32. The summed E-state index contributed by atoms with van der Waals surface area (Å²) in [6, 6.07) is 16.2. The Morgan fingerprint density at radius 2 is 2.00 bits per heavy atom. The number of aryl methyl sites for hydroxylation is 1. The van der Waals surface area contributed by atoms with Crippen LogP contribution in [0.25, 0.3) is 33.2 Å². The van der Waals surface area contributed by atoms with E-state index in [2.05, 4.69) is 4.98 Å². The van der Waals surface area contributed by atoms with Crippen LogP contribution in [0.5, 0.6) is 0 Å². The summed E-state index contributed by atoms with van der Waals surface area (Å²) >= 11 is 0. The second-order valence-corrected chi connectivity index (χ2v) is 4.84. The van der Waals surface area contributed by atoms with Crippen LogP contribution in [0.3, 0.4) is 0 Å². The quantitative estimate of drug-likeness (QED) is 0.503. The maximum Gasteiger partial charge on any atom is 0.144 e. The van der Waals surface area contributed by atoms with Crippen molar-refractivity contribution in [3.63, 3.8) is 0 Å². The first-order chi connectivity index (χ1) is 12.3. The smallest absolute Gasteiger partial charge is 0.144 e. The number of furan rings is 1. The molecule has 0 aliphatic rings. The molecule has 0 saturated heterocycles. The number of fused-ring (bicyclic) bond motifs is 3. The van der Waals surface area contributed by atoms with Crippen molar-refractivity contribution in [3.05, 3.63) is 66.4 Å². The number of benzene rings is 2. The Hall–Kier alpha value is -2.61. The topological polar surface area (TPSA) is 26.0 Å². The second kappa shape index (κ2) is 4.74. The number of para-hydroxylation sites is 2. The minimum Gasteiger partial charge on any atom is -0.455 e. The highest BCUT2D eigenvalue weighted by atomic mass is 16.3. The minimum atomic E-state index is -2.77. The van der Waals surface area contributed by atoms with Crippen LogP contribution in [0, 0.1) is 0 Å². The Bertz CT molecular complexity index is 1110. The van der Waals surface area contributed by atoms with Crippen LogP contribution in [0.15, 0.2) is 65.2 Å². The maximum absolute atomic E-state index is 7.98. The van der Waals surface area contributed by atoms with Gasteiger partial charge in [0.1, 0.15) is 11.2 Å². The summed E-state index contributed by atoms with van der Waals surface area (Å²) in [5, 5.41) is 1.92. The Kier molecular flexibility index (Phi) is 1.80. The summed E-state index contributed by atoms with van der Waals surface area (Å²) in [5.74, 6) is 0. The molecule has 4 aromatic rings. The van der Waals surface area contributed by atoms with Crippen molar-refractivity contribution >= 4 is 21.9 Å². The molecular weight excluding hydrogens is 258 g/mol. The third kappa shape index (κ3) is 1.91. The fraction of sp³-hybridized carbons (Fsp3) is 0.105. The van der Waals surface area contributed by atoms with Crippen LogP contribution in [0.2, 0.25) is 0 Å².